The SMILES string of the molecule is CC(C)(C)[C@H](N)C(=O)N1CCCCc2ccccc21. The van der Waals surface area contributed by atoms with Crippen LogP contribution in [0.3, 0.4) is 0 Å². The number of hydrogen-bond donors (Lipinski definition) is 1. The van der Waals surface area contributed by atoms with Gasteiger partial charge in [-0.15, -0.1) is 0 Å². The third kappa shape index (κ3) is 2.98. The molecule has 0 radical (unpaired) electrons. The van der Waals surface area contributed by atoms with Gasteiger partial charge in [0.05, 0.1) is 6.04 Å². The number of aryl methyl sites for hydroxylation is 1. The van der Waals surface area contributed by atoms with Gasteiger partial charge in [-0.25, -0.2) is 0 Å². The number of hydrogen-bond acceptors (Lipinski definition) is 2. The Hall–Kier alpha value is -1.35. The molecule has 1 heterocycles. The molecule has 0 aromatic heterocycles. The Morgan fingerprint density at radius 3 is 2.63 bits per heavy atom. The minimum absolute atomic E-state index is 0.0434. The van der Waals surface area contributed by atoms with Gasteiger partial charge in [0.25, 0.3) is 0 Å². The standard InChI is InChI=1S/C16H24N2O/c1-16(2,3)14(17)15(19)18-11-7-6-9-12-8-4-5-10-13(12)18/h4-5,8,10,14H,6-7,9,11,17H2,1-3H3/t14-/m1/s1. The second-order valence-corrected chi connectivity index (χ2v) is 6.42. The lowest BCUT2D eigenvalue weighted by atomic mass is 9.86. The predicted octanol–water partition coefficient (Wildman–Crippen LogP) is 2.73. The number of carbonyl (C=O) groups is 1. The molecule has 0 spiro atoms. The number of para-hydroxylation sites is 1. The molecule has 104 valence electrons. The monoisotopic (exact) mass is 260 g/mol. The lowest BCUT2D eigenvalue weighted by Gasteiger charge is -2.32. The smallest absolute Gasteiger partial charge is 0.244 e. The van der Waals surface area contributed by atoms with Crippen LogP contribution in [-0.4, -0.2) is 18.5 Å². The zero-order valence-corrected chi connectivity index (χ0v) is 12.1. The highest BCUT2D eigenvalue weighted by molar-refractivity contribution is 5.98. The van der Waals surface area contributed by atoms with Crippen molar-refractivity contribution in [1.29, 1.82) is 0 Å². The maximum atomic E-state index is 12.7. The fourth-order valence-corrected chi connectivity index (χ4v) is 2.46. The molecule has 1 aromatic rings. The Kier molecular flexibility index (Phi) is 3.95. The molecule has 1 atom stereocenters. The van der Waals surface area contributed by atoms with Crippen molar-refractivity contribution < 1.29 is 4.79 Å². The number of anilines is 1. The maximum Gasteiger partial charge on any atom is 0.244 e. The summed E-state index contributed by atoms with van der Waals surface area (Å²) >= 11 is 0. The van der Waals surface area contributed by atoms with E-state index in [0.29, 0.717) is 0 Å². The highest BCUT2D eigenvalue weighted by Gasteiger charge is 2.32. The first kappa shape index (κ1) is 14.1. The third-order valence-corrected chi connectivity index (χ3v) is 3.83. The minimum atomic E-state index is -0.460. The van der Waals surface area contributed by atoms with Gasteiger partial charge in [0.15, 0.2) is 0 Å². The van der Waals surface area contributed by atoms with Gasteiger partial charge in [-0.1, -0.05) is 39.0 Å². The molecular weight excluding hydrogens is 236 g/mol. The third-order valence-electron chi connectivity index (χ3n) is 3.83. The quantitative estimate of drug-likeness (QED) is 0.844. The van der Waals surface area contributed by atoms with Crippen LogP contribution < -0.4 is 10.6 Å². The molecular formula is C16H24N2O. The molecule has 2 N–H and O–H groups in total. The fraction of sp³-hybridized carbons (Fsp3) is 0.562. The van der Waals surface area contributed by atoms with Gasteiger partial charge in [0.2, 0.25) is 5.91 Å². The van der Waals surface area contributed by atoms with Crippen LogP contribution in [0.25, 0.3) is 0 Å². The molecule has 0 saturated carbocycles. The summed E-state index contributed by atoms with van der Waals surface area (Å²) in [5, 5.41) is 0. The number of benzene rings is 1. The fourth-order valence-electron chi connectivity index (χ4n) is 2.46. The molecule has 0 aliphatic carbocycles. The number of fused-ring (bicyclic) bond motifs is 1. The molecule has 19 heavy (non-hydrogen) atoms. The van der Waals surface area contributed by atoms with E-state index in [9.17, 15) is 4.79 Å². The molecule has 1 aliphatic heterocycles. The number of rotatable bonds is 1. The molecule has 1 aromatic carbocycles. The highest BCUT2D eigenvalue weighted by atomic mass is 16.2. The summed E-state index contributed by atoms with van der Waals surface area (Å²) in [6.07, 6.45) is 3.22. The summed E-state index contributed by atoms with van der Waals surface area (Å²) in [6, 6.07) is 7.72. The average molecular weight is 260 g/mol. The van der Waals surface area contributed by atoms with Gasteiger partial charge in [0, 0.05) is 12.2 Å². The number of amides is 1. The minimum Gasteiger partial charge on any atom is -0.319 e. The Bertz CT molecular complexity index is 462. The molecule has 0 unspecified atom stereocenters. The van der Waals surface area contributed by atoms with Crippen LogP contribution in [-0.2, 0) is 11.2 Å². The largest absolute Gasteiger partial charge is 0.319 e. The van der Waals surface area contributed by atoms with E-state index in [-0.39, 0.29) is 11.3 Å². The zero-order chi connectivity index (χ0) is 14.0. The van der Waals surface area contributed by atoms with Crippen molar-refractivity contribution in [3.8, 4) is 0 Å². The summed E-state index contributed by atoms with van der Waals surface area (Å²) in [5.74, 6) is 0.0434. The maximum absolute atomic E-state index is 12.7. The van der Waals surface area contributed by atoms with Gasteiger partial charge in [-0.05, 0) is 36.3 Å². The number of nitrogens with two attached hydrogens (primary N) is 1. The van der Waals surface area contributed by atoms with Crippen LogP contribution in [0, 0.1) is 5.41 Å². The molecule has 1 aliphatic rings. The van der Waals surface area contributed by atoms with Crippen LogP contribution in [0.5, 0.6) is 0 Å². The second kappa shape index (κ2) is 5.33. The van der Waals surface area contributed by atoms with E-state index in [1.54, 1.807) is 0 Å². The van der Waals surface area contributed by atoms with Crippen molar-refractivity contribution >= 4 is 11.6 Å². The van der Waals surface area contributed by atoms with Crippen LogP contribution in [0.4, 0.5) is 5.69 Å². The van der Waals surface area contributed by atoms with Crippen molar-refractivity contribution in [3.05, 3.63) is 29.8 Å². The zero-order valence-electron chi connectivity index (χ0n) is 12.1. The van der Waals surface area contributed by atoms with Crippen LogP contribution in [0.15, 0.2) is 24.3 Å². The predicted molar refractivity (Wildman–Crippen MR) is 79.2 cm³/mol. The molecule has 1 amide bonds. The molecule has 3 heteroatoms. The van der Waals surface area contributed by atoms with Gasteiger partial charge < -0.3 is 10.6 Å². The first-order valence-corrected chi connectivity index (χ1v) is 7.06. The summed E-state index contributed by atoms with van der Waals surface area (Å²) in [4.78, 5) is 14.5. The molecule has 2 rings (SSSR count). The Morgan fingerprint density at radius 2 is 1.95 bits per heavy atom. The van der Waals surface area contributed by atoms with E-state index < -0.39 is 6.04 Å². The van der Waals surface area contributed by atoms with Crippen LogP contribution in [0.2, 0.25) is 0 Å². The van der Waals surface area contributed by atoms with Gasteiger partial charge in [-0.2, -0.15) is 0 Å². The van der Waals surface area contributed by atoms with Crippen molar-refractivity contribution in [3.63, 3.8) is 0 Å². The Labute approximate surface area is 115 Å². The molecule has 0 bridgehead atoms. The highest BCUT2D eigenvalue weighted by Crippen LogP contribution is 2.28. The summed E-state index contributed by atoms with van der Waals surface area (Å²) in [6.45, 7) is 6.82. The Balaban J connectivity index is 2.32. The summed E-state index contributed by atoms with van der Waals surface area (Å²) in [5.41, 5.74) is 8.24. The number of carbonyl (C=O) groups excluding carboxylic acids is 1. The van der Waals surface area contributed by atoms with Gasteiger partial charge in [-0.3, -0.25) is 4.79 Å². The van der Waals surface area contributed by atoms with E-state index in [2.05, 4.69) is 6.07 Å². The summed E-state index contributed by atoms with van der Waals surface area (Å²) in [7, 11) is 0. The van der Waals surface area contributed by atoms with E-state index in [1.165, 1.54) is 5.56 Å². The lowest BCUT2D eigenvalue weighted by Crippen LogP contribution is -2.50. The summed E-state index contributed by atoms with van der Waals surface area (Å²) < 4.78 is 0. The topological polar surface area (TPSA) is 46.3 Å². The molecule has 0 fully saturated rings. The first-order chi connectivity index (χ1) is 8.91. The van der Waals surface area contributed by atoms with Crippen molar-refractivity contribution in [2.45, 2.75) is 46.1 Å². The second-order valence-electron chi connectivity index (χ2n) is 6.42. The van der Waals surface area contributed by atoms with Crippen molar-refractivity contribution in [2.75, 3.05) is 11.4 Å². The first-order valence-electron chi connectivity index (χ1n) is 7.06. The Morgan fingerprint density at radius 1 is 1.26 bits per heavy atom. The van der Waals surface area contributed by atoms with Crippen LogP contribution in [0.1, 0.15) is 39.2 Å². The van der Waals surface area contributed by atoms with Crippen molar-refractivity contribution in [2.24, 2.45) is 11.1 Å². The molecule has 0 saturated heterocycles. The number of nitrogens with zero attached hydrogens (tertiary/aromatic N) is 1. The van der Waals surface area contributed by atoms with Crippen molar-refractivity contribution in [1.82, 2.24) is 0 Å². The lowest BCUT2D eigenvalue weighted by molar-refractivity contribution is -0.121. The van der Waals surface area contributed by atoms with E-state index in [0.717, 1.165) is 31.5 Å². The van der Waals surface area contributed by atoms with Gasteiger partial charge in [0.1, 0.15) is 0 Å². The van der Waals surface area contributed by atoms with E-state index in [4.69, 9.17) is 5.73 Å². The average Bonchev–Trinajstić information content (AvgIpc) is 2.58. The normalized spacial score (nSPS) is 17.6. The van der Waals surface area contributed by atoms with Crippen LogP contribution >= 0.6 is 0 Å². The molecule has 3 nitrogen and oxygen atoms in total. The van der Waals surface area contributed by atoms with Gasteiger partial charge >= 0.3 is 0 Å². The van der Waals surface area contributed by atoms with E-state index >= 15 is 0 Å². The van der Waals surface area contributed by atoms with E-state index in [1.807, 2.05) is 43.9 Å².